The fraction of sp³-hybridized carbons (Fsp3) is 0.357. The summed E-state index contributed by atoms with van der Waals surface area (Å²) in [5.41, 5.74) is 2.97. The van der Waals surface area contributed by atoms with Gasteiger partial charge in [-0.25, -0.2) is 4.79 Å². The lowest BCUT2D eigenvalue weighted by atomic mass is 10.1. The highest BCUT2D eigenvalue weighted by Crippen LogP contribution is 2.32. The molecule has 0 bridgehead atoms. The molecule has 0 saturated carbocycles. The number of anilines is 3. The highest BCUT2D eigenvalue weighted by atomic mass is 32.1. The molecule has 36 heavy (non-hydrogen) atoms. The van der Waals surface area contributed by atoms with Crippen molar-refractivity contribution in [1.29, 1.82) is 0 Å². The van der Waals surface area contributed by atoms with Crippen LogP contribution in [0.5, 0.6) is 0 Å². The summed E-state index contributed by atoms with van der Waals surface area (Å²) in [6.07, 6.45) is 0.552. The van der Waals surface area contributed by atoms with Crippen LogP contribution < -0.4 is 15.5 Å². The van der Waals surface area contributed by atoms with Crippen molar-refractivity contribution in [3.8, 4) is 10.4 Å². The first-order valence-electron chi connectivity index (χ1n) is 12.1. The summed E-state index contributed by atoms with van der Waals surface area (Å²) in [6, 6.07) is 17.8. The number of nitrogens with zero attached hydrogens (tertiary/aromatic N) is 2. The number of likely N-dealkylation sites (N-methyl/N-ethyl adjacent to an activating group) is 1. The molecule has 0 radical (unpaired) electrons. The number of carbonyl (C=O) groups excluding carboxylic acids is 2. The predicted molar refractivity (Wildman–Crippen MR) is 148 cm³/mol. The van der Waals surface area contributed by atoms with E-state index in [0.29, 0.717) is 23.0 Å². The third-order valence-corrected chi connectivity index (χ3v) is 7.02. The molecule has 2 heterocycles. The Balaban J connectivity index is 1.52. The van der Waals surface area contributed by atoms with Crippen molar-refractivity contribution >= 4 is 40.4 Å². The summed E-state index contributed by atoms with van der Waals surface area (Å²) in [7, 11) is 4.22. The van der Waals surface area contributed by atoms with Gasteiger partial charge in [0.2, 0.25) is 0 Å². The van der Waals surface area contributed by atoms with Gasteiger partial charge in [0.25, 0.3) is 5.91 Å². The molecule has 1 aromatic heterocycles. The minimum Gasteiger partial charge on any atom is -0.444 e. The number of hydrogen-bond donors (Lipinski definition) is 2. The van der Waals surface area contributed by atoms with E-state index in [9.17, 15) is 9.59 Å². The number of hydrogen-bond acceptors (Lipinski definition) is 6. The second-order valence-corrected chi connectivity index (χ2v) is 11.2. The third-order valence-electron chi connectivity index (χ3n) is 6.10. The third kappa shape index (κ3) is 6.44. The highest BCUT2D eigenvalue weighted by Gasteiger charge is 2.24. The number of nitrogens with one attached hydrogen (secondary N) is 2. The fourth-order valence-electron chi connectivity index (χ4n) is 4.18. The van der Waals surface area contributed by atoms with E-state index in [1.807, 2.05) is 74.7 Å². The molecular weight excluding hydrogens is 472 g/mol. The lowest BCUT2D eigenvalue weighted by Gasteiger charge is -2.22. The van der Waals surface area contributed by atoms with Crippen LogP contribution in [0.1, 0.15) is 37.6 Å². The fourth-order valence-corrected chi connectivity index (χ4v) is 4.91. The van der Waals surface area contributed by atoms with E-state index in [1.165, 1.54) is 0 Å². The van der Waals surface area contributed by atoms with Gasteiger partial charge in [-0.3, -0.25) is 10.1 Å². The second-order valence-electron chi connectivity index (χ2n) is 10.2. The standard InChI is InChI=1S/C28H34N4O3S/c1-28(2,3)35-27(34)30-23-13-10-20(25-7-6-16-36-25)17-24(23)29-26(33)19-8-11-21(12-9-19)32-15-14-22(18-32)31(4)5/h6-13,16-17,22H,14-15,18H2,1-5H3,(H,29,33)(H,30,34)/t22-/m0/s1. The van der Waals surface area contributed by atoms with Gasteiger partial charge in [0, 0.05) is 35.3 Å². The van der Waals surface area contributed by atoms with Crippen molar-refractivity contribution in [3.05, 3.63) is 65.5 Å². The van der Waals surface area contributed by atoms with Crippen molar-refractivity contribution in [2.45, 2.75) is 38.8 Å². The van der Waals surface area contributed by atoms with Gasteiger partial charge in [0.05, 0.1) is 11.4 Å². The normalized spacial score (nSPS) is 15.7. The van der Waals surface area contributed by atoms with E-state index in [0.717, 1.165) is 35.6 Å². The molecule has 2 aromatic carbocycles. The molecule has 190 valence electrons. The highest BCUT2D eigenvalue weighted by molar-refractivity contribution is 7.13. The lowest BCUT2D eigenvalue weighted by Crippen LogP contribution is -2.31. The first-order valence-corrected chi connectivity index (χ1v) is 13.0. The number of thiophene rings is 1. The molecule has 1 atom stereocenters. The summed E-state index contributed by atoms with van der Waals surface area (Å²) in [4.78, 5) is 31.3. The summed E-state index contributed by atoms with van der Waals surface area (Å²) >= 11 is 1.61. The van der Waals surface area contributed by atoms with Crippen molar-refractivity contribution < 1.29 is 14.3 Å². The van der Waals surface area contributed by atoms with Crippen LogP contribution in [0, 0.1) is 0 Å². The maximum Gasteiger partial charge on any atom is 0.412 e. The molecule has 0 aliphatic carbocycles. The van der Waals surface area contributed by atoms with E-state index in [1.54, 1.807) is 17.4 Å². The van der Waals surface area contributed by atoms with Crippen molar-refractivity contribution in [2.24, 2.45) is 0 Å². The van der Waals surface area contributed by atoms with Crippen molar-refractivity contribution in [2.75, 3.05) is 42.7 Å². The maximum absolute atomic E-state index is 13.2. The Labute approximate surface area is 217 Å². The summed E-state index contributed by atoms with van der Waals surface area (Å²) < 4.78 is 5.40. The molecule has 1 saturated heterocycles. The van der Waals surface area contributed by atoms with Crippen LogP contribution in [0.3, 0.4) is 0 Å². The molecular formula is C28H34N4O3S. The first-order chi connectivity index (χ1) is 17.1. The number of carbonyl (C=O) groups is 2. The second kappa shape index (κ2) is 10.7. The molecule has 1 aliphatic heterocycles. The minimum absolute atomic E-state index is 0.246. The van der Waals surface area contributed by atoms with E-state index >= 15 is 0 Å². The Hall–Kier alpha value is -3.36. The topological polar surface area (TPSA) is 73.9 Å². The van der Waals surface area contributed by atoms with Crippen LogP contribution in [0.4, 0.5) is 21.9 Å². The SMILES string of the molecule is CN(C)[C@H]1CCN(c2ccc(C(=O)Nc3cc(-c4cccs4)ccc3NC(=O)OC(C)(C)C)cc2)C1. The Morgan fingerprint density at radius 2 is 1.78 bits per heavy atom. The van der Waals surface area contributed by atoms with Gasteiger partial charge in [0.15, 0.2) is 0 Å². The number of rotatable bonds is 6. The van der Waals surface area contributed by atoms with Crippen LogP contribution in [0.15, 0.2) is 60.0 Å². The van der Waals surface area contributed by atoms with Crippen LogP contribution >= 0.6 is 11.3 Å². The average molecular weight is 507 g/mol. The lowest BCUT2D eigenvalue weighted by molar-refractivity contribution is 0.0635. The van der Waals surface area contributed by atoms with E-state index in [4.69, 9.17) is 4.74 Å². The van der Waals surface area contributed by atoms with Crippen LogP contribution in [-0.4, -0.2) is 55.7 Å². The molecule has 2 amide bonds. The molecule has 0 spiro atoms. The monoisotopic (exact) mass is 506 g/mol. The largest absolute Gasteiger partial charge is 0.444 e. The van der Waals surface area contributed by atoms with Gasteiger partial charge in [-0.1, -0.05) is 12.1 Å². The van der Waals surface area contributed by atoms with Crippen molar-refractivity contribution in [1.82, 2.24) is 4.90 Å². The summed E-state index contributed by atoms with van der Waals surface area (Å²) in [5.74, 6) is -0.246. The van der Waals surface area contributed by atoms with E-state index < -0.39 is 11.7 Å². The predicted octanol–water partition coefficient (Wildman–Crippen LogP) is 6.15. The van der Waals surface area contributed by atoms with Crippen molar-refractivity contribution in [3.63, 3.8) is 0 Å². The molecule has 8 heteroatoms. The average Bonchev–Trinajstić information content (AvgIpc) is 3.52. The Morgan fingerprint density at radius 3 is 2.39 bits per heavy atom. The van der Waals surface area contributed by atoms with Crippen LogP contribution in [0.25, 0.3) is 10.4 Å². The Kier molecular flexibility index (Phi) is 7.66. The molecule has 2 N–H and O–H groups in total. The maximum atomic E-state index is 13.2. The molecule has 3 aromatic rings. The zero-order valence-electron chi connectivity index (χ0n) is 21.5. The summed E-state index contributed by atoms with van der Waals surface area (Å²) in [6.45, 7) is 7.40. The number of amides is 2. The van der Waals surface area contributed by atoms with E-state index in [2.05, 4.69) is 34.5 Å². The summed E-state index contributed by atoms with van der Waals surface area (Å²) in [5, 5.41) is 7.76. The number of benzene rings is 2. The molecule has 1 aliphatic rings. The molecule has 7 nitrogen and oxygen atoms in total. The first kappa shape index (κ1) is 25.7. The Bertz CT molecular complexity index is 1200. The number of ether oxygens (including phenoxy) is 1. The molecule has 4 rings (SSSR count). The van der Waals surface area contributed by atoms with Gasteiger partial charge in [-0.15, -0.1) is 11.3 Å². The quantitative estimate of drug-likeness (QED) is 0.419. The van der Waals surface area contributed by atoms with Gasteiger partial charge < -0.3 is 19.9 Å². The van der Waals surface area contributed by atoms with E-state index in [-0.39, 0.29) is 5.91 Å². The van der Waals surface area contributed by atoms with Crippen LogP contribution in [0.2, 0.25) is 0 Å². The van der Waals surface area contributed by atoms with Crippen LogP contribution in [-0.2, 0) is 4.74 Å². The molecule has 0 unspecified atom stereocenters. The molecule has 1 fully saturated rings. The van der Waals surface area contributed by atoms with Gasteiger partial charge in [-0.05, 0) is 94.7 Å². The van der Waals surface area contributed by atoms with Gasteiger partial charge in [0.1, 0.15) is 5.60 Å². The zero-order chi connectivity index (χ0) is 25.9. The minimum atomic E-state index is -0.631. The Morgan fingerprint density at radius 1 is 1.03 bits per heavy atom. The smallest absolute Gasteiger partial charge is 0.412 e. The zero-order valence-corrected chi connectivity index (χ0v) is 22.3. The van der Waals surface area contributed by atoms with Gasteiger partial charge in [-0.2, -0.15) is 0 Å². The van der Waals surface area contributed by atoms with Gasteiger partial charge >= 0.3 is 6.09 Å².